The summed E-state index contributed by atoms with van der Waals surface area (Å²) in [6.45, 7) is 6.53. The summed E-state index contributed by atoms with van der Waals surface area (Å²) in [5.41, 5.74) is 1.96. The molecule has 1 aromatic rings. The smallest absolute Gasteiger partial charge is 0.164 e. The first-order valence-electron chi connectivity index (χ1n) is 7.06. The lowest BCUT2D eigenvalue weighted by Gasteiger charge is -2.34. The zero-order chi connectivity index (χ0) is 13.8. The third-order valence-electron chi connectivity index (χ3n) is 4.03. The van der Waals surface area contributed by atoms with Crippen LogP contribution in [0.4, 0.5) is 0 Å². The highest BCUT2D eigenvalue weighted by Crippen LogP contribution is 2.17. The van der Waals surface area contributed by atoms with Gasteiger partial charge in [0.25, 0.3) is 0 Å². The molecular formula is C16H23NO2. The fraction of sp³-hybridized carbons (Fsp3) is 0.562. The molecule has 2 rings (SSSR count). The number of hydrogen-bond acceptors (Lipinski definition) is 3. The van der Waals surface area contributed by atoms with Crippen LogP contribution >= 0.6 is 0 Å². The van der Waals surface area contributed by atoms with Crippen LogP contribution in [0.15, 0.2) is 24.3 Å². The van der Waals surface area contributed by atoms with Crippen LogP contribution in [-0.2, 0) is 0 Å². The van der Waals surface area contributed by atoms with Gasteiger partial charge in [0, 0.05) is 25.1 Å². The van der Waals surface area contributed by atoms with Gasteiger partial charge >= 0.3 is 0 Å². The van der Waals surface area contributed by atoms with E-state index in [1.165, 1.54) is 5.56 Å². The van der Waals surface area contributed by atoms with Crippen LogP contribution in [-0.4, -0.2) is 41.5 Å². The predicted octanol–water partition coefficient (Wildman–Crippen LogP) is 2.27. The van der Waals surface area contributed by atoms with Gasteiger partial charge in [-0.25, -0.2) is 0 Å². The first-order chi connectivity index (χ1) is 9.06. The quantitative estimate of drug-likeness (QED) is 0.845. The van der Waals surface area contributed by atoms with E-state index in [0.717, 1.165) is 25.1 Å². The maximum Gasteiger partial charge on any atom is 0.164 e. The molecule has 0 unspecified atom stereocenters. The lowest BCUT2D eigenvalue weighted by atomic mass is 9.96. The molecule has 0 amide bonds. The number of ketones is 1. The SMILES string of the molecule is Cc1ccc(C(=O)CCN2CC[C@H](C)[C@H](O)C2)cc1. The Balaban J connectivity index is 1.82. The maximum absolute atomic E-state index is 12.1. The molecule has 0 radical (unpaired) electrons. The second-order valence-electron chi connectivity index (χ2n) is 5.67. The molecule has 0 aromatic heterocycles. The van der Waals surface area contributed by atoms with Gasteiger partial charge in [-0.15, -0.1) is 0 Å². The molecule has 0 spiro atoms. The fourth-order valence-electron chi connectivity index (χ4n) is 2.46. The monoisotopic (exact) mass is 261 g/mol. The molecule has 3 nitrogen and oxygen atoms in total. The van der Waals surface area contributed by atoms with E-state index < -0.39 is 0 Å². The standard InChI is InChI=1S/C16H23NO2/c1-12-3-5-14(6-4-12)15(18)8-10-17-9-7-13(2)16(19)11-17/h3-6,13,16,19H,7-11H2,1-2H3/t13-,16+/m0/s1. The van der Waals surface area contributed by atoms with Crippen molar-refractivity contribution in [3.63, 3.8) is 0 Å². The van der Waals surface area contributed by atoms with Crippen molar-refractivity contribution >= 4 is 5.78 Å². The lowest BCUT2D eigenvalue weighted by molar-refractivity contribution is 0.0287. The van der Waals surface area contributed by atoms with Gasteiger partial charge in [0.15, 0.2) is 5.78 Å². The largest absolute Gasteiger partial charge is 0.392 e. The minimum atomic E-state index is -0.247. The van der Waals surface area contributed by atoms with Crippen molar-refractivity contribution in [2.45, 2.75) is 32.8 Å². The summed E-state index contributed by atoms with van der Waals surface area (Å²) in [5, 5.41) is 9.83. The lowest BCUT2D eigenvalue weighted by Crippen LogP contribution is -2.43. The molecule has 1 aromatic carbocycles. The first-order valence-corrected chi connectivity index (χ1v) is 7.06. The number of carbonyl (C=O) groups is 1. The number of hydrogen-bond donors (Lipinski definition) is 1. The van der Waals surface area contributed by atoms with Gasteiger partial charge in [-0.05, 0) is 25.8 Å². The average molecular weight is 261 g/mol. The van der Waals surface area contributed by atoms with Gasteiger partial charge < -0.3 is 10.0 Å². The number of aliphatic hydroxyl groups is 1. The van der Waals surface area contributed by atoms with Crippen LogP contribution in [0, 0.1) is 12.8 Å². The molecule has 3 heteroatoms. The molecule has 1 saturated heterocycles. The summed E-state index contributed by atoms with van der Waals surface area (Å²) in [5.74, 6) is 0.567. The van der Waals surface area contributed by atoms with E-state index in [4.69, 9.17) is 0 Å². The third kappa shape index (κ3) is 3.88. The number of carbonyl (C=O) groups excluding carboxylic acids is 1. The van der Waals surface area contributed by atoms with Gasteiger partial charge in [-0.3, -0.25) is 4.79 Å². The number of aliphatic hydroxyl groups excluding tert-OH is 1. The normalized spacial score (nSPS) is 24.4. The van der Waals surface area contributed by atoms with Crippen molar-refractivity contribution in [3.8, 4) is 0 Å². The van der Waals surface area contributed by atoms with E-state index in [9.17, 15) is 9.90 Å². The highest BCUT2D eigenvalue weighted by molar-refractivity contribution is 5.96. The summed E-state index contributed by atoms with van der Waals surface area (Å²) in [4.78, 5) is 14.2. The van der Waals surface area contributed by atoms with Crippen LogP contribution < -0.4 is 0 Å². The van der Waals surface area contributed by atoms with E-state index in [1.807, 2.05) is 31.2 Å². The molecule has 1 aliphatic heterocycles. The second kappa shape index (κ2) is 6.31. The Morgan fingerprint density at radius 1 is 1.37 bits per heavy atom. The van der Waals surface area contributed by atoms with E-state index in [2.05, 4.69) is 11.8 Å². The Morgan fingerprint density at radius 2 is 2.05 bits per heavy atom. The van der Waals surface area contributed by atoms with E-state index in [1.54, 1.807) is 0 Å². The van der Waals surface area contributed by atoms with Gasteiger partial charge in [-0.1, -0.05) is 36.8 Å². The molecular weight excluding hydrogens is 238 g/mol. The molecule has 0 aliphatic carbocycles. The minimum Gasteiger partial charge on any atom is -0.392 e. The second-order valence-corrected chi connectivity index (χ2v) is 5.67. The third-order valence-corrected chi connectivity index (χ3v) is 4.03. The summed E-state index contributed by atoms with van der Waals surface area (Å²) in [6.07, 6.45) is 1.30. The van der Waals surface area contributed by atoms with Crippen LogP contribution in [0.25, 0.3) is 0 Å². The Bertz CT molecular complexity index is 427. The molecule has 0 bridgehead atoms. The Hall–Kier alpha value is -1.19. The first kappa shape index (κ1) is 14.2. The van der Waals surface area contributed by atoms with Gasteiger partial charge in [0.2, 0.25) is 0 Å². The molecule has 2 atom stereocenters. The van der Waals surface area contributed by atoms with Gasteiger partial charge in [0.1, 0.15) is 0 Å². The van der Waals surface area contributed by atoms with Crippen LogP contribution in [0.1, 0.15) is 35.7 Å². The highest BCUT2D eigenvalue weighted by Gasteiger charge is 2.24. The van der Waals surface area contributed by atoms with Crippen LogP contribution in [0.3, 0.4) is 0 Å². The number of aryl methyl sites for hydroxylation is 1. The molecule has 1 fully saturated rings. The predicted molar refractivity (Wildman–Crippen MR) is 76.4 cm³/mol. The number of rotatable bonds is 4. The Morgan fingerprint density at radius 3 is 2.68 bits per heavy atom. The Kier molecular flexibility index (Phi) is 4.72. The van der Waals surface area contributed by atoms with Gasteiger partial charge in [-0.2, -0.15) is 0 Å². The van der Waals surface area contributed by atoms with Crippen molar-refractivity contribution in [2.24, 2.45) is 5.92 Å². The number of likely N-dealkylation sites (tertiary alicyclic amines) is 1. The summed E-state index contributed by atoms with van der Waals surface area (Å²) < 4.78 is 0. The van der Waals surface area contributed by atoms with Gasteiger partial charge in [0.05, 0.1) is 6.10 Å². The zero-order valence-electron chi connectivity index (χ0n) is 11.8. The fourth-order valence-corrected chi connectivity index (χ4v) is 2.46. The summed E-state index contributed by atoms with van der Waals surface area (Å²) in [6, 6.07) is 7.73. The number of nitrogens with zero attached hydrogens (tertiary/aromatic N) is 1. The molecule has 0 saturated carbocycles. The van der Waals surface area contributed by atoms with E-state index in [-0.39, 0.29) is 11.9 Å². The van der Waals surface area contributed by atoms with E-state index in [0.29, 0.717) is 18.9 Å². The number of piperidine rings is 1. The molecule has 104 valence electrons. The van der Waals surface area contributed by atoms with Crippen molar-refractivity contribution in [1.29, 1.82) is 0 Å². The number of Topliss-reactive ketones (excluding diaryl/α,β-unsaturated/α-hetero) is 1. The zero-order valence-corrected chi connectivity index (χ0v) is 11.8. The van der Waals surface area contributed by atoms with E-state index >= 15 is 0 Å². The Labute approximate surface area is 115 Å². The minimum absolute atomic E-state index is 0.188. The molecule has 1 aliphatic rings. The number of benzene rings is 1. The molecule has 1 heterocycles. The van der Waals surface area contributed by atoms with Crippen molar-refractivity contribution in [1.82, 2.24) is 4.90 Å². The topological polar surface area (TPSA) is 40.5 Å². The summed E-state index contributed by atoms with van der Waals surface area (Å²) in [7, 11) is 0. The molecule has 19 heavy (non-hydrogen) atoms. The maximum atomic E-state index is 12.1. The molecule has 1 N–H and O–H groups in total. The van der Waals surface area contributed by atoms with Crippen molar-refractivity contribution in [3.05, 3.63) is 35.4 Å². The number of β-amino-alcohol motifs (C(OH)–C–C–N with tert-alkyl or cyclic N) is 1. The highest BCUT2D eigenvalue weighted by atomic mass is 16.3. The average Bonchev–Trinajstić information content (AvgIpc) is 2.40. The van der Waals surface area contributed by atoms with Crippen LogP contribution in [0.2, 0.25) is 0 Å². The van der Waals surface area contributed by atoms with Crippen LogP contribution in [0.5, 0.6) is 0 Å². The summed E-state index contributed by atoms with van der Waals surface area (Å²) >= 11 is 0. The van der Waals surface area contributed by atoms with Crippen molar-refractivity contribution in [2.75, 3.05) is 19.6 Å². The van der Waals surface area contributed by atoms with Crippen molar-refractivity contribution < 1.29 is 9.90 Å².